The van der Waals surface area contributed by atoms with Gasteiger partial charge in [0.15, 0.2) is 0 Å². The average Bonchev–Trinajstić information content (AvgIpc) is 2.97. The molecule has 3 rings (SSSR count). The molecule has 0 amide bonds. The Morgan fingerprint density at radius 3 is 2.67 bits per heavy atom. The number of rotatable bonds is 4. The van der Waals surface area contributed by atoms with Crippen LogP contribution >= 0.6 is 11.8 Å². The summed E-state index contributed by atoms with van der Waals surface area (Å²) >= 11 is 1.49. The molecule has 3 nitrogen and oxygen atoms in total. The van der Waals surface area contributed by atoms with Crippen LogP contribution in [0.2, 0.25) is 0 Å². The van der Waals surface area contributed by atoms with E-state index in [0.29, 0.717) is 16.7 Å². The minimum absolute atomic E-state index is 0.248. The van der Waals surface area contributed by atoms with Crippen molar-refractivity contribution in [3.63, 3.8) is 0 Å². The second-order valence-corrected chi connectivity index (χ2v) is 5.58. The number of hydrogen-bond acceptors (Lipinski definition) is 4. The SMILES string of the molecule is CCSc1nnc(-c2cccc(-c3ccccc3F)c2)o1. The van der Waals surface area contributed by atoms with Gasteiger partial charge in [-0.3, -0.25) is 0 Å². The molecule has 5 heteroatoms. The standard InChI is InChI=1S/C16H13FN2OS/c1-2-21-16-19-18-15(20-16)12-7-5-6-11(10-12)13-8-3-4-9-14(13)17/h3-10H,2H2,1H3. The summed E-state index contributed by atoms with van der Waals surface area (Å²) in [5, 5.41) is 8.55. The normalized spacial score (nSPS) is 10.8. The first-order chi connectivity index (χ1) is 10.3. The predicted molar refractivity (Wildman–Crippen MR) is 81.5 cm³/mol. The highest BCUT2D eigenvalue weighted by atomic mass is 32.2. The van der Waals surface area contributed by atoms with Gasteiger partial charge in [-0.2, -0.15) is 0 Å². The molecule has 0 aliphatic carbocycles. The maximum atomic E-state index is 13.9. The highest BCUT2D eigenvalue weighted by Gasteiger charge is 2.10. The van der Waals surface area contributed by atoms with Gasteiger partial charge in [0, 0.05) is 11.1 Å². The lowest BCUT2D eigenvalue weighted by Crippen LogP contribution is -1.85. The van der Waals surface area contributed by atoms with E-state index in [2.05, 4.69) is 10.2 Å². The Kier molecular flexibility index (Phi) is 4.01. The highest BCUT2D eigenvalue weighted by Crippen LogP contribution is 2.28. The van der Waals surface area contributed by atoms with E-state index in [-0.39, 0.29) is 5.82 Å². The van der Waals surface area contributed by atoms with Crippen LogP contribution in [0, 0.1) is 5.82 Å². The van der Waals surface area contributed by atoms with Crippen LogP contribution in [-0.4, -0.2) is 16.0 Å². The highest BCUT2D eigenvalue weighted by molar-refractivity contribution is 7.99. The van der Waals surface area contributed by atoms with Gasteiger partial charge in [0.05, 0.1) is 0 Å². The van der Waals surface area contributed by atoms with Gasteiger partial charge in [-0.05, 0) is 29.5 Å². The van der Waals surface area contributed by atoms with Crippen LogP contribution in [0.5, 0.6) is 0 Å². The van der Waals surface area contributed by atoms with E-state index in [1.54, 1.807) is 12.1 Å². The van der Waals surface area contributed by atoms with Crippen molar-refractivity contribution >= 4 is 11.8 Å². The van der Waals surface area contributed by atoms with Crippen molar-refractivity contribution in [2.24, 2.45) is 0 Å². The van der Waals surface area contributed by atoms with Crippen LogP contribution in [0.15, 0.2) is 58.2 Å². The second kappa shape index (κ2) is 6.10. The van der Waals surface area contributed by atoms with Crippen molar-refractivity contribution in [1.29, 1.82) is 0 Å². The number of hydrogen-bond donors (Lipinski definition) is 0. The molecular formula is C16H13FN2OS. The fourth-order valence-electron chi connectivity index (χ4n) is 2.02. The molecular weight excluding hydrogens is 287 g/mol. The average molecular weight is 300 g/mol. The topological polar surface area (TPSA) is 38.9 Å². The molecule has 3 aromatic rings. The van der Waals surface area contributed by atoms with Gasteiger partial charge in [-0.15, -0.1) is 10.2 Å². The number of nitrogens with zero attached hydrogens (tertiary/aromatic N) is 2. The molecule has 0 bridgehead atoms. The number of aromatic nitrogens is 2. The smallest absolute Gasteiger partial charge is 0.276 e. The maximum Gasteiger partial charge on any atom is 0.276 e. The Balaban J connectivity index is 1.98. The summed E-state index contributed by atoms with van der Waals surface area (Å²) in [6, 6.07) is 14.1. The van der Waals surface area contributed by atoms with Crippen LogP contribution in [0.3, 0.4) is 0 Å². The van der Waals surface area contributed by atoms with Crippen molar-refractivity contribution in [1.82, 2.24) is 10.2 Å². The molecule has 1 heterocycles. The van der Waals surface area contributed by atoms with Crippen LogP contribution < -0.4 is 0 Å². The molecule has 0 N–H and O–H groups in total. The van der Waals surface area contributed by atoms with E-state index in [0.717, 1.165) is 16.9 Å². The van der Waals surface area contributed by atoms with Gasteiger partial charge in [-0.1, -0.05) is 49.0 Å². The summed E-state index contributed by atoms with van der Waals surface area (Å²) < 4.78 is 19.4. The van der Waals surface area contributed by atoms with Crippen molar-refractivity contribution in [2.45, 2.75) is 12.1 Å². The fraction of sp³-hybridized carbons (Fsp3) is 0.125. The first-order valence-corrected chi connectivity index (χ1v) is 7.58. The van der Waals surface area contributed by atoms with Crippen molar-refractivity contribution in [3.8, 4) is 22.6 Å². The van der Waals surface area contributed by atoms with Gasteiger partial charge in [0.1, 0.15) is 5.82 Å². The van der Waals surface area contributed by atoms with Gasteiger partial charge in [0.2, 0.25) is 5.89 Å². The summed E-state index contributed by atoms with van der Waals surface area (Å²) in [7, 11) is 0. The summed E-state index contributed by atoms with van der Waals surface area (Å²) in [6.07, 6.45) is 0. The summed E-state index contributed by atoms with van der Waals surface area (Å²) in [5.74, 6) is 1.07. The summed E-state index contributed by atoms with van der Waals surface area (Å²) in [6.45, 7) is 2.02. The van der Waals surface area contributed by atoms with Crippen LogP contribution in [0.4, 0.5) is 4.39 Å². The molecule has 0 fully saturated rings. The van der Waals surface area contributed by atoms with E-state index >= 15 is 0 Å². The maximum absolute atomic E-state index is 13.9. The third-order valence-corrected chi connectivity index (χ3v) is 3.67. The Morgan fingerprint density at radius 2 is 1.86 bits per heavy atom. The molecule has 0 saturated carbocycles. The third-order valence-electron chi connectivity index (χ3n) is 2.97. The minimum Gasteiger partial charge on any atom is -0.411 e. The lowest BCUT2D eigenvalue weighted by atomic mass is 10.0. The van der Waals surface area contributed by atoms with Gasteiger partial charge >= 0.3 is 0 Å². The van der Waals surface area contributed by atoms with Crippen LogP contribution in [0.1, 0.15) is 6.92 Å². The van der Waals surface area contributed by atoms with E-state index < -0.39 is 0 Å². The first kappa shape index (κ1) is 13.8. The first-order valence-electron chi connectivity index (χ1n) is 6.59. The Morgan fingerprint density at radius 1 is 1.05 bits per heavy atom. The molecule has 21 heavy (non-hydrogen) atoms. The van der Waals surface area contributed by atoms with E-state index in [1.165, 1.54) is 17.8 Å². The molecule has 0 unspecified atom stereocenters. The number of halogens is 1. The van der Waals surface area contributed by atoms with Gasteiger partial charge in [-0.25, -0.2) is 4.39 Å². The van der Waals surface area contributed by atoms with Gasteiger partial charge in [0.25, 0.3) is 5.22 Å². The Hall–Kier alpha value is -2.14. The van der Waals surface area contributed by atoms with Crippen molar-refractivity contribution < 1.29 is 8.81 Å². The van der Waals surface area contributed by atoms with Crippen molar-refractivity contribution in [2.75, 3.05) is 5.75 Å². The zero-order valence-corrected chi connectivity index (χ0v) is 12.2. The van der Waals surface area contributed by atoms with E-state index in [1.807, 2.05) is 37.3 Å². The molecule has 0 saturated heterocycles. The lowest BCUT2D eigenvalue weighted by molar-refractivity contribution is 0.466. The Labute approximate surface area is 126 Å². The molecule has 2 aromatic carbocycles. The molecule has 0 aliphatic heterocycles. The Bertz CT molecular complexity index is 757. The number of benzene rings is 2. The number of thioether (sulfide) groups is 1. The summed E-state index contributed by atoms with van der Waals surface area (Å²) in [5.41, 5.74) is 2.13. The quantitative estimate of drug-likeness (QED) is 0.657. The second-order valence-electron chi connectivity index (χ2n) is 4.37. The minimum atomic E-state index is -0.248. The molecule has 0 radical (unpaired) electrons. The molecule has 106 valence electrons. The van der Waals surface area contributed by atoms with E-state index in [9.17, 15) is 4.39 Å². The largest absolute Gasteiger partial charge is 0.411 e. The van der Waals surface area contributed by atoms with Gasteiger partial charge < -0.3 is 4.42 Å². The van der Waals surface area contributed by atoms with E-state index in [4.69, 9.17) is 4.42 Å². The monoisotopic (exact) mass is 300 g/mol. The molecule has 0 atom stereocenters. The lowest BCUT2D eigenvalue weighted by Gasteiger charge is -2.04. The zero-order chi connectivity index (χ0) is 14.7. The molecule has 0 aliphatic rings. The predicted octanol–water partition coefficient (Wildman–Crippen LogP) is 4.65. The fourth-order valence-corrected chi connectivity index (χ4v) is 2.51. The molecule has 1 aromatic heterocycles. The third kappa shape index (κ3) is 2.97. The molecule has 0 spiro atoms. The summed E-state index contributed by atoms with van der Waals surface area (Å²) in [4.78, 5) is 0. The van der Waals surface area contributed by atoms with Crippen LogP contribution in [-0.2, 0) is 0 Å². The van der Waals surface area contributed by atoms with Crippen LogP contribution in [0.25, 0.3) is 22.6 Å². The zero-order valence-electron chi connectivity index (χ0n) is 11.4. The van der Waals surface area contributed by atoms with Crippen molar-refractivity contribution in [3.05, 3.63) is 54.3 Å².